The molecule has 0 spiro atoms. The maximum atomic E-state index is 14.2. The summed E-state index contributed by atoms with van der Waals surface area (Å²) in [6.07, 6.45) is 1.78. The van der Waals surface area contributed by atoms with Gasteiger partial charge in [-0.3, -0.25) is 9.36 Å². The molecule has 0 saturated heterocycles. The van der Waals surface area contributed by atoms with Crippen LogP contribution in [0.1, 0.15) is 43.5 Å². The molecular weight excluding hydrogens is 708 g/mol. The number of rotatable bonds is 11. The van der Waals surface area contributed by atoms with Gasteiger partial charge in [0.05, 0.1) is 53.8 Å². The SMILES string of the molecule is CCOC(=O)C1=C(C)N=c2s/c(=C\c3cc(Br)c(OCc4cccc5ccccc45)c(OC)c3)c(=O)n2[C@@H]1c1ccc(OC)c(OCC)c1. The Kier molecular flexibility index (Phi) is 10.2. The fourth-order valence-corrected chi connectivity index (χ4v) is 7.54. The smallest absolute Gasteiger partial charge is 0.338 e. The molecule has 0 radical (unpaired) electrons. The Bertz CT molecular complexity index is 2270. The lowest BCUT2D eigenvalue weighted by molar-refractivity contribution is -0.139. The van der Waals surface area contributed by atoms with Gasteiger partial charge in [-0.2, -0.15) is 0 Å². The third-order valence-electron chi connectivity index (χ3n) is 8.12. The molecule has 2 heterocycles. The van der Waals surface area contributed by atoms with Crippen LogP contribution in [0.25, 0.3) is 16.8 Å². The molecule has 0 fully saturated rings. The maximum Gasteiger partial charge on any atom is 0.338 e. The van der Waals surface area contributed by atoms with E-state index in [9.17, 15) is 9.59 Å². The van der Waals surface area contributed by atoms with Gasteiger partial charge in [0.25, 0.3) is 5.56 Å². The number of carbonyl (C=O) groups is 1. The predicted octanol–water partition coefficient (Wildman–Crippen LogP) is 6.71. The van der Waals surface area contributed by atoms with Crippen LogP contribution in [0.15, 0.2) is 98.3 Å². The molecule has 0 bridgehead atoms. The minimum Gasteiger partial charge on any atom is -0.493 e. The van der Waals surface area contributed by atoms with Gasteiger partial charge in [0, 0.05) is 0 Å². The fraction of sp³-hybridized carbons (Fsp3) is 0.237. The highest BCUT2D eigenvalue weighted by Crippen LogP contribution is 2.39. The number of fused-ring (bicyclic) bond motifs is 2. The Balaban J connectivity index is 1.41. The number of halogens is 1. The van der Waals surface area contributed by atoms with Crippen LogP contribution in [0.3, 0.4) is 0 Å². The van der Waals surface area contributed by atoms with E-state index in [1.54, 1.807) is 50.8 Å². The van der Waals surface area contributed by atoms with Crippen molar-refractivity contribution in [2.75, 3.05) is 27.4 Å². The van der Waals surface area contributed by atoms with Crippen LogP contribution < -0.4 is 33.8 Å². The standard InChI is InChI=1S/C38H35BrN2O7S/c1-6-46-30-20-25(15-16-29(30)44-4)34-33(37(43)47-7-2)22(3)40-38-41(34)36(42)32(49-38)19-23-17-28(39)35(31(18-23)45-5)48-21-26-13-10-12-24-11-8-9-14-27(24)26/h8-20,34H,6-7,21H2,1-5H3/b32-19-/t34-/m1/s1. The summed E-state index contributed by atoms with van der Waals surface area (Å²) in [6, 6.07) is 22.6. The summed E-state index contributed by atoms with van der Waals surface area (Å²) in [5.41, 5.74) is 2.88. The lowest BCUT2D eigenvalue weighted by Gasteiger charge is -2.25. The zero-order valence-corrected chi connectivity index (χ0v) is 30.1. The number of allylic oxidation sites excluding steroid dienone is 1. The van der Waals surface area contributed by atoms with Gasteiger partial charge in [0.1, 0.15) is 6.61 Å². The molecule has 0 saturated carbocycles. The Morgan fingerprint density at radius 3 is 2.47 bits per heavy atom. The van der Waals surface area contributed by atoms with Gasteiger partial charge in [0.15, 0.2) is 27.8 Å². The highest BCUT2D eigenvalue weighted by Gasteiger charge is 2.34. The van der Waals surface area contributed by atoms with Crippen LogP contribution in [0.5, 0.6) is 23.0 Å². The molecule has 1 aliphatic heterocycles. The molecule has 5 aromatic rings. The van der Waals surface area contributed by atoms with E-state index in [1.807, 2.05) is 49.4 Å². The van der Waals surface area contributed by atoms with Crippen molar-refractivity contribution in [2.45, 2.75) is 33.4 Å². The summed E-state index contributed by atoms with van der Waals surface area (Å²) >= 11 is 4.90. The van der Waals surface area contributed by atoms with Gasteiger partial charge in [-0.05, 0) is 94.5 Å². The van der Waals surface area contributed by atoms with Crippen LogP contribution in [0.2, 0.25) is 0 Å². The van der Waals surface area contributed by atoms with Crippen LogP contribution >= 0.6 is 27.3 Å². The lowest BCUT2D eigenvalue weighted by atomic mass is 9.95. The van der Waals surface area contributed by atoms with E-state index >= 15 is 0 Å². The zero-order chi connectivity index (χ0) is 34.7. The van der Waals surface area contributed by atoms with Gasteiger partial charge in [-0.15, -0.1) is 0 Å². The van der Waals surface area contributed by atoms with E-state index in [2.05, 4.69) is 34.1 Å². The highest BCUT2D eigenvalue weighted by molar-refractivity contribution is 9.10. The van der Waals surface area contributed by atoms with Gasteiger partial charge < -0.3 is 23.7 Å². The Morgan fingerprint density at radius 1 is 0.939 bits per heavy atom. The van der Waals surface area contributed by atoms with Gasteiger partial charge in [-0.25, -0.2) is 9.79 Å². The molecule has 49 heavy (non-hydrogen) atoms. The van der Waals surface area contributed by atoms with E-state index in [0.29, 0.717) is 66.8 Å². The van der Waals surface area contributed by atoms with Crippen molar-refractivity contribution in [3.63, 3.8) is 0 Å². The molecule has 9 nitrogen and oxygen atoms in total. The molecule has 1 aliphatic rings. The largest absolute Gasteiger partial charge is 0.493 e. The van der Waals surface area contributed by atoms with Crippen LogP contribution in [0.4, 0.5) is 0 Å². The number of benzene rings is 4. The second kappa shape index (κ2) is 14.7. The van der Waals surface area contributed by atoms with Crippen LogP contribution in [-0.2, 0) is 16.1 Å². The van der Waals surface area contributed by atoms with Crippen molar-refractivity contribution in [2.24, 2.45) is 4.99 Å². The molecule has 1 atom stereocenters. The fourth-order valence-electron chi connectivity index (χ4n) is 5.92. The molecule has 0 amide bonds. The minimum absolute atomic E-state index is 0.178. The number of carbonyl (C=O) groups excluding carboxylic acids is 1. The summed E-state index contributed by atoms with van der Waals surface area (Å²) in [5.74, 6) is 1.56. The van der Waals surface area contributed by atoms with Crippen molar-refractivity contribution >= 4 is 50.1 Å². The molecule has 252 valence electrons. The van der Waals surface area contributed by atoms with E-state index in [0.717, 1.165) is 16.3 Å². The average molecular weight is 744 g/mol. The molecule has 0 N–H and O–H groups in total. The average Bonchev–Trinajstić information content (AvgIpc) is 3.40. The number of methoxy groups -OCH3 is 2. The van der Waals surface area contributed by atoms with Crippen molar-refractivity contribution in [3.05, 3.63) is 125 Å². The second-order valence-electron chi connectivity index (χ2n) is 11.1. The van der Waals surface area contributed by atoms with Gasteiger partial charge in [0.2, 0.25) is 0 Å². The van der Waals surface area contributed by atoms with E-state index in [-0.39, 0.29) is 17.7 Å². The van der Waals surface area contributed by atoms with Crippen LogP contribution in [0, 0.1) is 0 Å². The number of nitrogens with zero attached hydrogens (tertiary/aromatic N) is 2. The third kappa shape index (κ3) is 6.73. The van der Waals surface area contributed by atoms with E-state index in [4.69, 9.17) is 28.7 Å². The quantitative estimate of drug-likeness (QED) is 0.139. The first kappa shape index (κ1) is 34.0. The van der Waals surface area contributed by atoms with Crippen LogP contribution in [-0.4, -0.2) is 38.0 Å². The lowest BCUT2D eigenvalue weighted by Crippen LogP contribution is -2.40. The first-order valence-corrected chi connectivity index (χ1v) is 17.4. The number of hydrogen-bond donors (Lipinski definition) is 0. The topological polar surface area (TPSA) is 97.6 Å². The van der Waals surface area contributed by atoms with E-state index in [1.165, 1.54) is 11.3 Å². The Hall–Kier alpha value is -4.87. The van der Waals surface area contributed by atoms with Gasteiger partial charge >= 0.3 is 5.97 Å². The number of hydrogen-bond acceptors (Lipinski definition) is 9. The number of esters is 1. The first-order valence-electron chi connectivity index (χ1n) is 15.7. The third-order valence-corrected chi connectivity index (χ3v) is 9.69. The summed E-state index contributed by atoms with van der Waals surface area (Å²) in [4.78, 5) is 32.7. The van der Waals surface area contributed by atoms with Crippen molar-refractivity contribution in [1.29, 1.82) is 0 Å². The molecule has 0 aliphatic carbocycles. The first-order chi connectivity index (χ1) is 23.8. The molecular formula is C38H35BrN2O7S. The highest BCUT2D eigenvalue weighted by atomic mass is 79.9. The second-order valence-corrected chi connectivity index (χ2v) is 13.0. The number of ether oxygens (including phenoxy) is 5. The minimum atomic E-state index is -0.798. The predicted molar refractivity (Wildman–Crippen MR) is 194 cm³/mol. The molecule has 6 rings (SSSR count). The Labute approximate surface area is 295 Å². The Morgan fingerprint density at radius 2 is 1.71 bits per heavy atom. The monoisotopic (exact) mass is 742 g/mol. The number of thiazole rings is 1. The summed E-state index contributed by atoms with van der Waals surface area (Å²) in [7, 11) is 3.14. The zero-order valence-electron chi connectivity index (χ0n) is 27.7. The molecule has 4 aromatic carbocycles. The molecule has 0 unspecified atom stereocenters. The summed E-state index contributed by atoms with van der Waals surface area (Å²) in [5, 5.41) is 2.26. The maximum absolute atomic E-state index is 14.2. The van der Waals surface area contributed by atoms with Crippen molar-refractivity contribution < 1.29 is 28.5 Å². The normalized spacial score (nSPS) is 14.3. The summed E-state index contributed by atoms with van der Waals surface area (Å²) in [6.45, 7) is 6.30. The molecule has 1 aromatic heterocycles. The molecule has 11 heteroatoms. The number of aromatic nitrogens is 1. The van der Waals surface area contributed by atoms with Crippen molar-refractivity contribution in [3.8, 4) is 23.0 Å². The van der Waals surface area contributed by atoms with Gasteiger partial charge in [-0.1, -0.05) is 59.9 Å². The van der Waals surface area contributed by atoms with E-state index < -0.39 is 12.0 Å². The summed E-state index contributed by atoms with van der Waals surface area (Å²) < 4.78 is 31.4. The van der Waals surface area contributed by atoms with Crippen molar-refractivity contribution in [1.82, 2.24) is 4.57 Å².